The second-order valence-electron chi connectivity index (χ2n) is 5.83. The zero-order chi connectivity index (χ0) is 13.7. The summed E-state index contributed by atoms with van der Waals surface area (Å²) in [6, 6.07) is 17.6. The third-order valence-electron chi connectivity index (χ3n) is 4.69. The number of benzene rings is 2. The lowest BCUT2D eigenvalue weighted by Crippen LogP contribution is -2.45. The van der Waals surface area contributed by atoms with Gasteiger partial charge < -0.3 is 5.32 Å². The fraction of sp³-hybridized carbons (Fsp3) is 0.278. The van der Waals surface area contributed by atoms with Gasteiger partial charge in [0.1, 0.15) is 0 Å². The lowest BCUT2D eigenvalue weighted by atomic mass is 9.61. The lowest BCUT2D eigenvalue weighted by Gasteiger charge is -2.45. The number of hydrogen-bond donors (Lipinski definition) is 1. The fourth-order valence-electron chi connectivity index (χ4n) is 4.04. The van der Waals surface area contributed by atoms with Gasteiger partial charge in [0.25, 0.3) is 0 Å². The minimum absolute atomic E-state index is 0.0671. The Morgan fingerprint density at radius 1 is 0.950 bits per heavy atom. The number of fused-ring (bicyclic) bond motifs is 1. The number of carbonyl (C=O) groups is 1. The number of rotatable bonds is 1. The van der Waals surface area contributed by atoms with Crippen molar-refractivity contribution in [1.82, 2.24) is 5.32 Å². The number of amides is 1. The maximum Gasteiger partial charge on any atom is 0.217 e. The molecule has 100 valence electrons. The van der Waals surface area contributed by atoms with E-state index in [-0.39, 0.29) is 11.9 Å². The van der Waals surface area contributed by atoms with Gasteiger partial charge in [-0.2, -0.15) is 0 Å². The monoisotopic (exact) mass is 263 g/mol. The molecular weight excluding hydrogens is 246 g/mol. The van der Waals surface area contributed by atoms with Crippen molar-refractivity contribution in [2.75, 3.05) is 0 Å². The molecule has 0 spiro atoms. The summed E-state index contributed by atoms with van der Waals surface area (Å²) in [6.07, 6.45) is 1.01. The lowest BCUT2D eigenvalue weighted by molar-refractivity contribution is -0.119. The van der Waals surface area contributed by atoms with Gasteiger partial charge in [-0.25, -0.2) is 0 Å². The Labute approximate surface area is 118 Å². The SMILES string of the molecule is CC(=O)NC1CC2c3ccccc3C1c1ccccc12. The molecule has 3 aliphatic carbocycles. The zero-order valence-corrected chi connectivity index (χ0v) is 11.5. The highest BCUT2D eigenvalue weighted by Crippen LogP contribution is 2.52. The molecular formula is C18H17NO. The summed E-state index contributed by atoms with van der Waals surface area (Å²) in [5, 5.41) is 3.16. The van der Waals surface area contributed by atoms with Gasteiger partial charge in [0.2, 0.25) is 5.91 Å². The summed E-state index contributed by atoms with van der Waals surface area (Å²) in [7, 11) is 0. The van der Waals surface area contributed by atoms with Crippen LogP contribution in [0.25, 0.3) is 0 Å². The van der Waals surface area contributed by atoms with Crippen molar-refractivity contribution in [1.29, 1.82) is 0 Å². The predicted molar refractivity (Wildman–Crippen MR) is 78.8 cm³/mol. The van der Waals surface area contributed by atoms with Crippen LogP contribution in [0.2, 0.25) is 0 Å². The molecule has 2 aromatic rings. The first kappa shape index (κ1) is 11.7. The molecule has 0 radical (unpaired) electrons. The molecule has 5 rings (SSSR count). The van der Waals surface area contributed by atoms with E-state index in [0.717, 1.165) is 6.42 Å². The molecule has 0 saturated heterocycles. The first-order valence-corrected chi connectivity index (χ1v) is 7.20. The van der Waals surface area contributed by atoms with Crippen molar-refractivity contribution in [2.45, 2.75) is 31.2 Å². The van der Waals surface area contributed by atoms with Crippen molar-refractivity contribution in [3.8, 4) is 0 Å². The highest BCUT2D eigenvalue weighted by Gasteiger charge is 2.43. The molecule has 2 bridgehead atoms. The summed E-state index contributed by atoms with van der Waals surface area (Å²) in [5.41, 5.74) is 5.66. The molecule has 20 heavy (non-hydrogen) atoms. The third kappa shape index (κ3) is 1.54. The van der Waals surface area contributed by atoms with E-state index in [9.17, 15) is 4.79 Å². The predicted octanol–water partition coefficient (Wildman–Crippen LogP) is 3.17. The Kier molecular flexibility index (Phi) is 2.46. The van der Waals surface area contributed by atoms with Crippen LogP contribution in [-0.4, -0.2) is 11.9 Å². The highest BCUT2D eigenvalue weighted by molar-refractivity contribution is 5.74. The number of hydrogen-bond acceptors (Lipinski definition) is 1. The van der Waals surface area contributed by atoms with Crippen molar-refractivity contribution >= 4 is 5.91 Å². The van der Waals surface area contributed by atoms with Crippen molar-refractivity contribution in [3.63, 3.8) is 0 Å². The third-order valence-corrected chi connectivity index (χ3v) is 4.69. The Morgan fingerprint density at radius 3 is 1.95 bits per heavy atom. The Hall–Kier alpha value is -2.09. The molecule has 2 aromatic carbocycles. The topological polar surface area (TPSA) is 29.1 Å². The Bertz CT molecular complexity index is 644. The van der Waals surface area contributed by atoms with Crippen LogP contribution in [0.1, 0.15) is 47.4 Å². The molecule has 1 amide bonds. The molecule has 0 aliphatic heterocycles. The van der Waals surface area contributed by atoms with Crippen LogP contribution in [0.15, 0.2) is 48.5 Å². The minimum Gasteiger partial charge on any atom is -0.353 e. The van der Waals surface area contributed by atoms with Crippen LogP contribution in [0.5, 0.6) is 0 Å². The minimum atomic E-state index is 0.0671. The van der Waals surface area contributed by atoms with Crippen molar-refractivity contribution in [3.05, 3.63) is 70.8 Å². The smallest absolute Gasteiger partial charge is 0.217 e. The van der Waals surface area contributed by atoms with E-state index >= 15 is 0 Å². The Balaban J connectivity index is 1.91. The van der Waals surface area contributed by atoms with Crippen LogP contribution >= 0.6 is 0 Å². The highest BCUT2D eigenvalue weighted by atomic mass is 16.1. The second kappa shape index (κ2) is 4.20. The fourth-order valence-corrected chi connectivity index (χ4v) is 4.04. The van der Waals surface area contributed by atoms with E-state index in [1.54, 1.807) is 6.92 Å². The largest absolute Gasteiger partial charge is 0.353 e. The number of nitrogens with one attached hydrogen (secondary N) is 1. The van der Waals surface area contributed by atoms with Crippen LogP contribution in [0.4, 0.5) is 0 Å². The van der Waals surface area contributed by atoms with Crippen LogP contribution in [-0.2, 0) is 4.79 Å². The van der Waals surface area contributed by atoms with E-state index in [0.29, 0.717) is 11.8 Å². The van der Waals surface area contributed by atoms with E-state index in [2.05, 4.69) is 53.8 Å². The average molecular weight is 263 g/mol. The molecule has 0 aromatic heterocycles. The van der Waals surface area contributed by atoms with Gasteiger partial charge in [0, 0.05) is 24.8 Å². The summed E-state index contributed by atoms with van der Waals surface area (Å²) in [4.78, 5) is 11.5. The quantitative estimate of drug-likeness (QED) is 0.841. The molecule has 1 unspecified atom stereocenters. The van der Waals surface area contributed by atoms with Crippen LogP contribution < -0.4 is 5.32 Å². The van der Waals surface area contributed by atoms with Gasteiger partial charge in [0.15, 0.2) is 0 Å². The summed E-state index contributed by atoms with van der Waals surface area (Å²) in [6.45, 7) is 1.61. The van der Waals surface area contributed by atoms with E-state index in [4.69, 9.17) is 0 Å². The van der Waals surface area contributed by atoms with Crippen LogP contribution in [0, 0.1) is 0 Å². The maximum atomic E-state index is 11.5. The Morgan fingerprint density at radius 2 is 1.45 bits per heavy atom. The maximum absolute atomic E-state index is 11.5. The van der Waals surface area contributed by atoms with Crippen LogP contribution in [0.3, 0.4) is 0 Å². The molecule has 1 atom stereocenters. The van der Waals surface area contributed by atoms with Gasteiger partial charge in [-0.3, -0.25) is 4.79 Å². The van der Waals surface area contributed by atoms with Gasteiger partial charge in [0.05, 0.1) is 0 Å². The first-order valence-electron chi connectivity index (χ1n) is 7.20. The summed E-state index contributed by atoms with van der Waals surface area (Å²) >= 11 is 0. The van der Waals surface area contributed by atoms with E-state index in [1.165, 1.54) is 22.3 Å². The average Bonchev–Trinajstić information content (AvgIpc) is 2.47. The summed E-state index contributed by atoms with van der Waals surface area (Å²) in [5.74, 6) is 0.790. The van der Waals surface area contributed by atoms with Gasteiger partial charge in [-0.05, 0) is 28.7 Å². The molecule has 2 heteroatoms. The molecule has 2 nitrogen and oxygen atoms in total. The van der Waals surface area contributed by atoms with E-state index < -0.39 is 0 Å². The molecule has 3 aliphatic rings. The molecule has 0 saturated carbocycles. The summed E-state index contributed by atoms with van der Waals surface area (Å²) < 4.78 is 0. The number of carbonyl (C=O) groups excluding carboxylic acids is 1. The molecule has 0 heterocycles. The van der Waals surface area contributed by atoms with Gasteiger partial charge in [-0.15, -0.1) is 0 Å². The zero-order valence-electron chi connectivity index (χ0n) is 11.5. The van der Waals surface area contributed by atoms with Gasteiger partial charge in [-0.1, -0.05) is 48.5 Å². The molecule has 1 N–H and O–H groups in total. The normalized spacial score (nSPS) is 25.8. The van der Waals surface area contributed by atoms with Crippen molar-refractivity contribution in [2.24, 2.45) is 0 Å². The second-order valence-corrected chi connectivity index (χ2v) is 5.83. The van der Waals surface area contributed by atoms with E-state index in [1.807, 2.05) is 0 Å². The standard InChI is InChI=1S/C18H17NO/c1-11(20)19-17-10-16-12-6-2-4-8-14(12)18(17)15-9-5-3-7-13(15)16/h2-9,16-18H,10H2,1H3,(H,19,20). The van der Waals surface area contributed by atoms with Gasteiger partial charge >= 0.3 is 0 Å². The van der Waals surface area contributed by atoms with Crippen molar-refractivity contribution < 1.29 is 4.79 Å². The first-order chi connectivity index (χ1) is 9.75. The molecule has 0 fully saturated rings.